The molecule has 0 aromatic heterocycles. The van der Waals surface area contributed by atoms with Crippen LogP contribution in [0.1, 0.15) is 25.0 Å². The van der Waals surface area contributed by atoms with Crippen LogP contribution in [0.15, 0.2) is 24.3 Å². The van der Waals surface area contributed by atoms with Crippen LogP contribution in [0, 0.1) is 0 Å². The second kappa shape index (κ2) is 5.78. The Labute approximate surface area is 114 Å². The third kappa shape index (κ3) is 3.28. The van der Waals surface area contributed by atoms with Gasteiger partial charge in [0.1, 0.15) is 4.99 Å². The van der Waals surface area contributed by atoms with Crippen molar-refractivity contribution in [3.63, 3.8) is 0 Å². The minimum Gasteiger partial charge on any atom is -0.389 e. The number of rotatable bonds is 3. The van der Waals surface area contributed by atoms with Gasteiger partial charge in [0.15, 0.2) is 0 Å². The van der Waals surface area contributed by atoms with E-state index in [2.05, 4.69) is 30.9 Å². The molecule has 1 aromatic rings. The minimum absolute atomic E-state index is 0.306. The SMILES string of the molecule is CC1CN(Cc2cccc(C(N)=S)c2)C(C)CO1. The molecule has 0 radical (unpaired) electrons. The molecule has 1 aliphatic rings. The fourth-order valence-electron chi connectivity index (χ4n) is 2.25. The van der Waals surface area contributed by atoms with Crippen LogP contribution in [-0.2, 0) is 11.3 Å². The molecule has 0 spiro atoms. The monoisotopic (exact) mass is 264 g/mol. The van der Waals surface area contributed by atoms with Gasteiger partial charge in [0.25, 0.3) is 0 Å². The highest BCUT2D eigenvalue weighted by Crippen LogP contribution is 2.16. The van der Waals surface area contributed by atoms with Gasteiger partial charge in [-0.05, 0) is 25.5 Å². The van der Waals surface area contributed by atoms with E-state index in [0.717, 1.165) is 25.3 Å². The van der Waals surface area contributed by atoms with Gasteiger partial charge in [-0.25, -0.2) is 0 Å². The van der Waals surface area contributed by atoms with Gasteiger partial charge >= 0.3 is 0 Å². The second-order valence-corrected chi connectivity index (χ2v) is 5.43. The summed E-state index contributed by atoms with van der Waals surface area (Å²) in [5.74, 6) is 0. The van der Waals surface area contributed by atoms with E-state index in [-0.39, 0.29) is 0 Å². The normalized spacial score (nSPS) is 25.0. The molecule has 2 unspecified atom stereocenters. The number of benzene rings is 1. The molecule has 4 heteroatoms. The fraction of sp³-hybridized carbons (Fsp3) is 0.500. The minimum atomic E-state index is 0.306. The average Bonchev–Trinajstić information content (AvgIpc) is 2.34. The van der Waals surface area contributed by atoms with E-state index >= 15 is 0 Å². The summed E-state index contributed by atoms with van der Waals surface area (Å²) in [6.07, 6.45) is 0.306. The molecule has 2 atom stereocenters. The van der Waals surface area contributed by atoms with E-state index in [1.165, 1.54) is 5.56 Å². The Morgan fingerprint density at radius 2 is 2.28 bits per heavy atom. The van der Waals surface area contributed by atoms with Crippen LogP contribution in [0.5, 0.6) is 0 Å². The number of ether oxygens (including phenoxy) is 1. The lowest BCUT2D eigenvalue weighted by molar-refractivity contribution is -0.0526. The van der Waals surface area contributed by atoms with Gasteiger partial charge in [-0.15, -0.1) is 0 Å². The highest BCUT2D eigenvalue weighted by Gasteiger charge is 2.23. The lowest BCUT2D eigenvalue weighted by Crippen LogP contribution is -2.46. The van der Waals surface area contributed by atoms with Crippen molar-refractivity contribution in [2.24, 2.45) is 5.73 Å². The molecule has 1 aromatic carbocycles. The maximum atomic E-state index is 5.66. The summed E-state index contributed by atoms with van der Waals surface area (Å²) in [5.41, 5.74) is 7.86. The molecule has 0 bridgehead atoms. The van der Waals surface area contributed by atoms with Crippen LogP contribution in [0.2, 0.25) is 0 Å². The maximum Gasteiger partial charge on any atom is 0.103 e. The van der Waals surface area contributed by atoms with Crippen molar-refractivity contribution < 1.29 is 4.74 Å². The lowest BCUT2D eigenvalue weighted by Gasteiger charge is -2.36. The first-order chi connectivity index (χ1) is 8.56. The third-order valence-corrected chi connectivity index (χ3v) is 3.57. The highest BCUT2D eigenvalue weighted by atomic mass is 32.1. The summed E-state index contributed by atoms with van der Waals surface area (Å²) in [6, 6.07) is 8.62. The molecule has 18 heavy (non-hydrogen) atoms. The molecule has 98 valence electrons. The lowest BCUT2D eigenvalue weighted by atomic mass is 10.1. The summed E-state index contributed by atoms with van der Waals surface area (Å²) < 4.78 is 5.64. The smallest absolute Gasteiger partial charge is 0.103 e. The molecule has 1 saturated heterocycles. The highest BCUT2D eigenvalue weighted by molar-refractivity contribution is 7.80. The number of nitrogens with zero attached hydrogens (tertiary/aromatic N) is 1. The molecular formula is C14H20N2OS. The van der Waals surface area contributed by atoms with Crippen LogP contribution < -0.4 is 5.73 Å². The van der Waals surface area contributed by atoms with E-state index in [1.807, 2.05) is 12.1 Å². The van der Waals surface area contributed by atoms with E-state index < -0.39 is 0 Å². The topological polar surface area (TPSA) is 38.5 Å². The Balaban J connectivity index is 2.08. The van der Waals surface area contributed by atoms with Gasteiger partial charge in [0.05, 0.1) is 12.7 Å². The summed E-state index contributed by atoms with van der Waals surface area (Å²) in [7, 11) is 0. The predicted octanol–water partition coefficient (Wildman–Crippen LogP) is 1.93. The van der Waals surface area contributed by atoms with E-state index in [1.54, 1.807) is 0 Å². The Bertz CT molecular complexity index is 436. The summed E-state index contributed by atoms with van der Waals surface area (Å²) >= 11 is 5.01. The van der Waals surface area contributed by atoms with Gasteiger partial charge in [-0.2, -0.15) is 0 Å². The van der Waals surface area contributed by atoms with Crippen LogP contribution in [0.25, 0.3) is 0 Å². The zero-order chi connectivity index (χ0) is 13.1. The molecule has 2 N–H and O–H groups in total. The summed E-state index contributed by atoms with van der Waals surface area (Å²) in [5, 5.41) is 0. The Morgan fingerprint density at radius 3 is 3.00 bits per heavy atom. The number of thiocarbonyl (C=S) groups is 1. The van der Waals surface area contributed by atoms with Gasteiger partial charge in [0.2, 0.25) is 0 Å². The molecule has 0 aliphatic carbocycles. The molecule has 2 rings (SSSR count). The third-order valence-electron chi connectivity index (χ3n) is 3.33. The zero-order valence-electron chi connectivity index (χ0n) is 10.9. The van der Waals surface area contributed by atoms with E-state index in [9.17, 15) is 0 Å². The molecule has 1 aliphatic heterocycles. The number of hydrogen-bond donors (Lipinski definition) is 1. The van der Waals surface area contributed by atoms with Gasteiger partial charge in [-0.1, -0.05) is 30.4 Å². The van der Waals surface area contributed by atoms with E-state index in [0.29, 0.717) is 17.1 Å². The van der Waals surface area contributed by atoms with Crippen molar-refractivity contribution in [2.45, 2.75) is 32.5 Å². The molecule has 1 fully saturated rings. The van der Waals surface area contributed by atoms with Crippen molar-refractivity contribution in [1.29, 1.82) is 0 Å². The van der Waals surface area contributed by atoms with Crippen molar-refractivity contribution in [3.8, 4) is 0 Å². The van der Waals surface area contributed by atoms with Crippen molar-refractivity contribution in [3.05, 3.63) is 35.4 Å². The quantitative estimate of drug-likeness (QED) is 0.847. The largest absolute Gasteiger partial charge is 0.389 e. The van der Waals surface area contributed by atoms with Crippen molar-refractivity contribution in [1.82, 2.24) is 4.90 Å². The Kier molecular flexibility index (Phi) is 4.32. The molecule has 1 heterocycles. The summed E-state index contributed by atoms with van der Waals surface area (Å²) in [6.45, 7) is 7.01. The van der Waals surface area contributed by atoms with Crippen LogP contribution in [0.4, 0.5) is 0 Å². The van der Waals surface area contributed by atoms with Gasteiger partial charge in [-0.3, -0.25) is 4.90 Å². The predicted molar refractivity (Wildman–Crippen MR) is 77.6 cm³/mol. The van der Waals surface area contributed by atoms with Crippen molar-refractivity contribution >= 4 is 17.2 Å². The number of morpholine rings is 1. The fourth-order valence-corrected chi connectivity index (χ4v) is 2.38. The van der Waals surface area contributed by atoms with Crippen LogP contribution in [-0.4, -0.2) is 35.2 Å². The van der Waals surface area contributed by atoms with Crippen LogP contribution in [0.3, 0.4) is 0 Å². The Morgan fingerprint density at radius 1 is 1.50 bits per heavy atom. The van der Waals surface area contributed by atoms with Crippen molar-refractivity contribution in [2.75, 3.05) is 13.2 Å². The number of hydrogen-bond acceptors (Lipinski definition) is 3. The maximum absolute atomic E-state index is 5.66. The summed E-state index contributed by atoms with van der Waals surface area (Å²) in [4.78, 5) is 2.90. The van der Waals surface area contributed by atoms with Crippen LogP contribution >= 0.6 is 12.2 Å². The molecule has 3 nitrogen and oxygen atoms in total. The second-order valence-electron chi connectivity index (χ2n) is 4.99. The van der Waals surface area contributed by atoms with Gasteiger partial charge < -0.3 is 10.5 Å². The first-order valence-electron chi connectivity index (χ1n) is 6.30. The zero-order valence-corrected chi connectivity index (χ0v) is 11.7. The first-order valence-corrected chi connectivity index (χ1v) is 6.71. The molecule has 0 saturated carbocycles. The van der Waals surface area contributed by atoms with E-state index in [4.69, 9.17) is 22.7 Å². The number of nitrogens with two attached hydrogens (primary N) is 1. The molecule has 0 amide bonds. The van der Waals surface area contributed by atoms with Gasteiger partial charge in [0, 0.05) is 24.7 Å². The standard InChI is InChI=1S/C14H20N2OS/c1-10-9-17-11(2)7-16(10)8-12-4-3-5-13(6-12)14(15)18/h3-6,10-11H,7-9H2,1-2H3,(H2,15,18). The molecular weight excluding hydrogens is 244 g/mol. The Hall–Kier alpha value is -0.970. The first kappa shape index (κ1) is 13.5. The average molecular weight is 264 g/mol.